The Balaban J connectivity index is 1.94. The molecule has 3 aromatic rings. The summed E-state index contributed by atoms with van der Waals surface area (Å²) < 4.78 is 26.8. The largest absolute Gasteiger partial charge is 0.508 e. The number of carbonyl (C=O) groups excluding carboxylic acids is 1. The Labute approximate surface area is 212 Å². The van der Waals surface area contributed by atoms with Crippen molar-refractivity contribution in [2.75, 3.05) is 7.11 Å². The third-order valence-electron chi connectivity index (χ3n) is 5.68. The first kappa shape index (κ1) is 26.5. The number of carboxylic acid groups (broad SMARTS) is 1. The number of esters is 1. The second kappa shape index (κ2) is 10.1. The van der Waals surface area contributed by atoms with Crippen molar-refractivity contribution in [3.63, 3.8) is 0 Å². The molecule has 0 amide bonds. The lowest BCUT2D eigenvalue weighted by molar-refractivity contribution is -0.275. The molecule has 1 fully saturated rings. The van der Waals surface area contributed by atoms with Crippen molar-refractivity contribution in [3.05, 3.63) is 40.6 Å². The summed E-state index contributed by atoms with van der Waals surface area (Å²) in [5, 5.41) is 59.8. The summed E-state index contributed by atoms with van der Waals surface area (Å²) in [6, 6.07) is 5.69. The molecule has 1 aromatic heterocycles. The Bertz CT molecular complexity index is 1460. The third kappa shape index (κ3) is 4.74. The zero-order valence-electron chi connectivity index (χ0n) is 19.7. The van der Waals surface area contributed by atoms with Gasteiger partial charge in [0.25, 0.3) is 0 Å². The molecule has 0 radical (unpaired) electrons. The number of aromatic hydroxyl groups is 3. The lowest BCUT2D eigenvalue weighted by Crippen LogP contribution is -2.62. The molecule has 6 N–H and O–H groups in total. The topological polar surface area (TPSA) is 223 Å². The number of fused-ring (bicyclic) bond motifs is 1. The van der Waals surface area contributed by atoms with Gasteiger partial charge in [-0.2, -0.15) is 0 Å². The Hall–Kier alpha value is -4.53. The number of aliphatic hydroxyl groups is 2. The summed E-state index contributed by atoms with van der Waals surface area (Å²) in [4.78, 5) is 36.8. The van der Waals surface area contributed by atoms with E-state index in [-0.39, 0.29) is 28.4 Å². The second-order valence-corrected chi connectivity index (χ2v) is 8.25. The number of ether oxygens (including phenoxy) is 4. The maximum atomic E-state index is 13.5. The third-order valence-corrected chi connectivity index (χ3v) is 5.68. The molecule has 5 unspecified atom stereocenters. The fourth-order valence-corrected chi connectivity index (χ4v) is 3.95. The molecular formula is C24H22O14. The number of rotatable bonds is 6. The van der Waals surface area contributed by atoms with Crippen LogP contribution in [0.15, 0.2) is 39.5 Å². The van der Waals surface area contributed by atoms with Gasteiger partial charge in [-0.3, -0.25) is 9.59 Å². The van der Waals surface area contributed by atoms with Crippen LogP contribution in [0.25, 0.3) is 22.3 Å². The summed E-state index contributed by atoms with van der Waals surface area (Å²) >= 11 is 0. The Kier molecular flexibility index (Phi) is 7.04. The zero-order valence-corrected chi connectivity index (χ0v) is 19.7. The zero-order chi connectivity index (χ0) is 27.9. The summed E-state index contributed by atoms with van der Waals surface area (Å²) in [5.41, 5.74) is -1.22. The van der Waals surface area contributed by atoms with Gasteiger partial charge in [0.2, 0.25) is 17.5 Å². The molecule has 38 heavy (non-hydrogen) atoms. The number of aliphatic carboxylic acids is 1. The number of carboxylic acids is 1. The van der Waals surface area contributed by atoms with Crippen LogP contribution in [-0.2, 0) is 19.1 Å². The van der Waals surface area contributed by atoms with E-state index in [9.17, 15) is 45.0 Å². The highest BCUT2D eigenvalue weighted by molar-refractivity contribution is 5.88. The predicted octanol–water partition coefficient (Wildman–Crippen LogP) is 0.427. The first-order valence-corrected chi connectivity index (χ1v) is 10.9. The molecule has 1 aliphatic rings. The molecule has 0 aliphatic carbocycles. The predicted molar refractivity (Wildman–Crippen MR) is 124 cm³/mol. The molecule has 1 saturated heterocycles. The van der Waals surface area contributed by atoms with Gasteiger partial charge in [0, 0.05) is 24.6 Å². The van der Waals surface area contributed by atoms with Gasteiger partial charge < -0.3 is 54.0 Å². The van der Waals surface area contributed by atoms with E-state index in [0.29, 0.717) is 0 Å². The van der Waals surface area contributed by atoms with Gasteiger partial charge in [-0.1, -0.05) is 0 Å². The van der Waals surface area contributed by atoms with E-state index in [1.807, 2.05) is 0 Å². The lowest BCUT2D eigenvalue weighted by Gasteiger charge is -2.40. The standard InChI is InChI=1S/C24H22O14/c1-8(25)35-22-18(31)17(30)21(23(32)33)38-24(22)37-20-16(29)15-12(28)6-10(26)7-14(15)36-19(20)9-3-4-11(27)13(5-9)34-2/h3-7,17-18,21-22,24,26-28,30-31H,1-2H3,(H,32,33). The SMILES string of the molecule is COc1cc(-c2oc3cc(O)cc(O)c3c(=O)c2OC2OC(C(=O)O)C(O)C(O)C2OC(C)=O)ccc1O. The van der Waals surface area contributed by atoms with E-state index in [1.54, 1.807) is 0 Å². The fraction of sp³-hybridized carbons (Fsp3) is 0.292. The van der Waals surface area contributed by atoms with E-state index in [0.717, 1.165) is 19.1 Å². The first-order valence-electron chi connectivity index (χ1n) is 10.9. The van der Waals surface area contributed by atoms with Crippen molar-refractivity contribution in [1.29, 1.82) is 0 Å². The smallest absolute Gasteiger partial charge is 0.335 e. The van der Waals surface area contributed by atoms with Crippen LogP contribution >= 0.6 is 0 Å². The van der Waals surface area contributed by atoms with E-state index >= 15 is 0 Å². The van der Waals surface area contributed by atoms with Crippen molar-refractivity contribution in [2.45, 2.75) is 37.6 Å². The van der Waals surface area contributed by atoms with Crippen LogP contribution in [-0.4, -0.2) is 80.4 Å². The molecule has 202 valence electrons. The molecule has 0 bridgehead atoms. The minimum atomic E-state index is -2.04. The monoisotopic (exact) mass is 534 g/mol. The highest BCUT2D eigenvalue weighted by Gasteiger charge is 2.51. The quantitative estimate of drug-likeness (QED) is 0.236. The summed E-state index contributed by atoms with van der Waals surface area (Å²) in [5.74, 6) is -5.11. The van der Waals surface area contributed by atoms with Crippen LogP contribution in [0.4, 0.5) is 0 Å². The number of hydrogen-bond acceptors (Lipinski definition) is 13. The Morgan fingerprint density at radius 1 is 1.00 bits per heavy atom. The molecular weight excluding hydrogens is 512 g/mol. The Morgan fingerprint density at radius 3 is 2.34 bits per heavy atom. The maximum Gasteiger partial charge on any atom is 0.335 e. The van der Waals surface area contributed by atoms with Crippen molar-refractivity contribution in [2.24, 2.45) is 0 Å². The maximum absolute atomic E-state index is 13.5. The van der Waals surface area contributed by atoms with E-state index in [1.165, 1.54) is 25.3 Å². The van der Waals surface area contributed by atoms with E-state index in [2.05, 4.69) is 0 Å². The molecule has 5 atom stereocenters. The first-order chi connectivity index (χ1) is 17.9. The van der Waals surface area contributed by atoms with E-state index in [4.69, 9.17) is 23.4 Å². The van der Waals surface area contributed by atoms with Gasteiger partial charge in [-0.25, -0.2) is 4.79 Å². The molecule has 14 heteroatoms. The normalized spacial score (nSPS) is 23.1. The van der Waals surface area contributed by atoms with Crippen LogP contribution < -0.4 is 14.9 Å². The minimum Gasteiger partial charge on any atom is -0.508 e. The number of aliphatic hydroxyl groups excluding tert-OH is 2. The highest BCUT2D eigenvalue weighted by Crippen LogP contribution is 2.39. The molecule has 2 heterocycles. The van der Waals surface area contributed by atoms with Gasteiger partial charge in [-0.15, -0.1) is 0 Å². The van der Waals surface area contributed by atoms with Gasteiger partial charge in [0.05, 0.1) is 7.11 Å². The van der Waals surface area contributed by atoms with Crippen LogP contribution in [0.5, 0.6) is 28.7 Å². The molecule has 0 saturated carbocycles. The molecule has 2 aromatic carbocycles. The second-order valence-electron chi connectivity index (χ2n) is 8.25. The van der Waals surface area contributed by atoms with Gasteiger partial charge >= 0.3 is 11.9 Å². The highest BCUT2D eigenvalue weighted by atomic mass is 16.7. The van der Waals surface area contributed by atoms with Crippen LogP contribution in [0.3, 0.4) is 0 Å². The average molecular weight is 534 g/mol. The number of benzene rings is 2. The van der Waals surface area contributed by atoms with Crippen LogP contribution in [0, 0.1) is 0 Å². The van der Waals surface area contributed by atoms with Crippen LogP contribution in [0.2, 0.25) is 0 Å². The van der Waals surface area contributed by atoms with Gasteiger partial charge in [0.15, 0.2) is 29.5 Å². The molecule has 4 rings (SSSR count). The molecule has 1 aliphatic heterocycles. The van der Waals surface area contributed by atoms with Gasteiger partial charge in [0.1, 0.15) is 34.7 Å². The average Bonchev–Trinajstić information content (AvgIpc) is 2.84. The summed E-state index contributed by atoms with van der Waals surface area (Å²) in [6.45, 7) is 0.975. The molecule has 14 nitrogen and oxygen atoms in total. The number of phenolic OH excluding ortho intramolecular Hbond substituents is 3. The van der Waals surface area contributed by atoms with E-state index < -0.39 is 70.7 Å². The summed E-state index contributed by atoms with van der Waals surface area (Å²) in [7, 11) is 1.27. The van der Waals surface area contributed by atoms with Crippen molar-refractivity contribution < 1.29 is 63.6 Å². The lowest BCUT2D eigenvalue weighted by atomic mass is 9.98. The van der Waals surface area contributed by atoms with Crippen molar-refractivity contribution in [3.8, 4) is 40.1 Å². The van der Waals surface area contributed by atoms with Gasteiger partial charge in [-0.05, 0) is 18.2 Å². The number of methoxy groups -OCH3 is 1. The Morgan fingerprint density at radius 2 is 1.71 bits per heavy atom. The summed E-state index contributed by atoms with van der Waals surface area (Å²) in [6.07, 6.45) is -9.84. The van der Waals surface area contributed by atoms with Crippen LogP contribution in [0.1, 0.15) is 6.92 Å². The number of phenols is 3. The number of carbonyl (C=O) groups is 2. The van der Waals surface area contributed by atoms with Crippen molar-refractivity contribution >= 4 is 22.9 Å². The van der Waals surface area contributed by atoms with Crippen molar-refractivity contribution in [1.82, 2.24) is 0 Å². The minimum absolute atomic E-state index is 0.0360. The number of hydrogen-bond donors (Lipinski definition) is 6. The fourth-order valence-electron chi connectivity index (χ4n) is 3.95. The molecule has 0 spiro atoms.